The van der Waals surface area contributed by atoms with E-state index in [1.807, 2.05) is 11.8 Å². The molecule has 172 valence electrons. The third-order valence-corrected chi connectivity index (χ3v) is 7.48. The number of hydrogen-bond donors (Lipinski definition) is 4. The summed E-state index contributed by atoms with van der Waals surface area (Å²) in [6.45, 7) is 0.772. The van der Waals surface area contributed by atoms with Crippen molar-refractivity contribution in [3.63, 3.8) is 0 Å². The van der Waals surface area contributed by atoms with Crippen molar-refractivity contribution in [1.82, 2.24) is 16.0 Å². The molecule has 30 heavy (non-hydrogen) atoms. The Bertz CT molecular complexity index is 546. The van der Waals surface area contributed by atoms with Gasteiger partial charge in [0.25, 0.3) is 0 Å². The lowest BCUT2D eigenvalue weighted by Gasteiger charge is -2.16. The Hall–Kier alpha value is -1.44. The average Bonchev–Trinajstić information content (AvgIpc) is 3.25. The Morgan fingerprint density at radius 1 is 0.900 bits per heavy atom. The van der Waals surface area contributed by atoms with Gasteiger partial charge in [-0.25, -0.2) is 4.79 Å². The second-order valence-corrected chi connectivity index (χ2v) is 9.82. The molecule has 3 amide bonds. The summed E-state index contributed by atoms with van der Waals surface area (Å²) >= 11 is 1.93. The summed E-state index contributed by atoms with van der Waals surface area (Å²) < 4.78 is 0. The van der Waals surface area contributed by atoms with Gasteiger partial charge in [-0.2, -0.15) is 11.8 Å². The van der Waals surface area contributed by atoms with E-state index in [4.69, 9.17) is 5.11 Å². The molecule has 8 heteroatoms. The Kier molecular flexibility index (Phi) is 12.0. The molecule has 7 nitrogen and oxygen atoms in total. The molecule has 3 atom stereocenters. The molecule has 2 fully saturated rings. The largest absolute Gasteiger partial charge is 0.481 e. The third kappa shape index (κ3) is 10.0. The van der Waals surface area contributed by atoms with Gasteiger partial charge in [-0.15, -0.1) is 0 Å². The molecule has 0 aliphatic carbocycles. The number of nitrogens with one attached hydrogen (secondary N) is 3. The van der Waals surface area contributed by atoms with Gasteiger partial charge in [0, 0.05) is 30.4 Å². The summed E-state index contributed by atoms with van der Waals surface area (Å²) in [7, 11) is 0. The summed E-state index contributed by atoms with van der Waals surface area (Å²) in [6, 6.07) is 0.496. The number of unbranched alkanes of at least 4 members (excludes halogenated alkanes) is 9. The first-order valence-electron chi connectivity index (χ1n) is 11.7. The zero-order valence-corrected chi connectivity index (χ0v) is 18.9. The van der Waals surface area contributed by atoms with Gasteiger partial charge in [-0.05, 0) is 25.7 Å². The number of carbonyl (C=O) groups is 3. The van der Waals surface area contributed by atoms with Crippen LogP contribution in [0.2, 0.25) is 0 Å². The number of rotatable bonds is 17. The fourth-order valence-electron chi connectivity index (χ4n) is 4.23. The first kappa shape index (κ1) is 24.8. The Balaban J connectivity index is 1.32. The van der Waals surface area contributed by atoms with Crippen LogP contribution in [0, 0.1) is 0 Å². The highest BCUT2D eigenvalue weighted by atomic mass is 32.2. The van der Waals surface area contributed by atoms with Gasteiger partial charge in [0.05, 0.1) is 12.1 Å². The zero-order valence-electron chi connectivity index (χ0n) is 18.1. The molecule has 2 aliphatic heterocycles. The van der Waals surface area contributed by atoms with Crippen molar-refractivity contribution in [1.29, 1.82) is 0 Å². The first-order chi connectivity index (χ1) is 14.6. The molecular weight excluding hydrogens is 402 g/mol. The SMILES string of the molecule is O=C(O)CCCCCCCCCCCNC(=O)CCCC[C@@H]1SC[C@@H]2NC(=O)N[C@H]21. The number of urea groups is 1. The minimum Gasteiger partial charge on any atom is -0.481 e. The van der Waals surface area contributed by atoms with E-state index in [0.29, 0.717) is 18.1 Å². The van der Waals surface area contributed by atoms with Gasteiger partial charge in [0.15, 0.2) is 0 Å². The number of carboxylic acid groups (broad SMARTS) is 1. The van der Waals surface area contributed by atoms with Crippen molar-refractivity contribution in [2.75, 3.05) is 12.3 Å². The van der Waals surface area contributed by atoms with Crippen LogP contribution in [0.1, 0.15) is 89.9 Å². The van der Waals surface area contributed by atoms with E-state index in [1.165, 1.54) is 25.7 Å². The van der Waals surface area contributed by atoms with Gasteiger partial charge in [0.1, 0.15) is 0 Å². The van der Waals surface area contributed by atoms with Crippen molar-refractivity contribution >= 4 is 29.7 Å². The molecule has 2 aliphatic rings. The molecule has 4 N–H and O–H groups in total. The van der Waals surface area contributed by atoms with E-state index >= 15 is 0 Å². The van der Waals surface area contributed by atoms with Crippen LogP contribution in [-0.4, -0.2) is 52.6 Å². The number of hydrogen-bond acceptors (Lipinski definition) is 4. The van der Waals surface area contributed by atoms with Crippen molar-refractivity contribution in [3.8, 4) is 0 Å². The quantitative estimate of drug-likeness (QED) is 0.203. The maximum atomic E-state index is 11.9. The predicted octanol–water partition coefficient (Wildman–Crippen LogP) is 3.81. The van der Waals surface area contributed by atoms with Crippen LogP contribution in [0.3, 0.4) is 0 Å². The van der Waals surface area contributed by atoms with E-state index in [0.717, 1.165) is 63.7 Å². The molecule has 0 saturated carbocycles. The minimum atomic E-state index is -0.693. The summed E-state index contributed by atoms with van der Waals surface area (Å²) in [5, 5.41) is 18.1. The summed E-state index contributed by atoms with van der Waals surface area (Å²) in [6.07, 6.45) is 13.9. The summed E-state index contributed by atoms with van der Waals surface area (Å²) in [4.78, 5) is 33.8. The number of thioether (sulfide) groups is 1. The normalized spacial score (nSPS) is 22.4. The fraction of sp³-hybridized carbons (Fsp3) is 0.864. The van der Waals surface area contributed by atoms with E-state index in [2.05, 4.69) is 16.0 Å². The standard InChI is InChI=1S/C22H39N3O4S/c26-19(13-10-9-12-18-21-17(16-30-18)24-22(29)25-21)23-15-11-7-5-3-1-2-4-6-8-14-20(27)28/h17-18,21H,1-16H2,(H,23,26)(H,27,28)(H2,24,25,29)/t17-,18-,21+/m0/s1. The number of carbonyl (C=O) groups excluding carboxylic acids is 2. The second-order valence-electron chi connectivity index (χ2n) is 8.54. The highest BCUT2D eigenvalue weighted by Crippen LogP contribution is 2.33. The lowest BCUT2D eigenvalue weighted by molar-refractivity contribution is -0.137. The molecule has 0 spiro atoms. The maximum absolute atomic E-state index is 11.9. The number of amides is 3. The molecule has 0 bridgehead atoms. The molecule has 0 aromatic carbocycles. The zero-order chi connectivity index (χ0) is 21.6. The topological polar surface area (TPSA) is 108 Å². The van der Waals surface area contributed by atoms with E-state index < -0.39 is 5.97 Å². The number of carboxylic acids is 1. The van der Waals surface area contributed by atoms with Gasteiger partial charge >= 0.3 is 12.0 Å². The van der Waals surface area contributed by atoms with E-state index in [-0.39, 0.29) is 24.0 Å². The molecule has 0 aromatic heterocycles. The summed E-state index contributed by atoms with van der Waals surface area (Å²) in [5.74, 6) is 0.451. The Morgan fingerprint density at radius 2 is 1.53 bits per heavy atom. The van der Waals surface area contributed by atoms with Crippen LogP contribution in [0.25, 0.3) is 0 Å². The number of aliphatic carboxylic acids is 1. The van der Waals surface area contributed by atoms with E-state index in [1.54, 1.807) is 0 Å². The highest BCUT2D eigenvalue weighted by Gasteiger charge is 2.42. The van der Waals surface area contributed by atoms with Crippen molar-refractivity contribution in [2.45, 2.75) is 107 Å². The minimum absolute atomic E-state index is 0.0392. The third-order valence-electron chi connectivity index (χ3n) is 5.97. The monoisotopic (exact) mass is 441 g/mol. The average molecular weight is 442 g/mol. The first-order valence-corrected chi connectivity index (χ1v) is 12.8. The van der Waals surface area contributed by atoms with Crippen LogP contribution in [0.4, 0.5) is 4.79 Å². The molecule has 2 heterocycles. The van der Waals surface area contributed by atoms with Crippen molar-refractivity contribution < 1.29 is 19.5 Å². The van der Waals surface area contributed by atoms with Crippen LogP contribution in [0.5, 0.6) is 0 Å². The summed E-state index contributed by atoms with van der Waals surface area (Å²) in [5.41, 5.74) is 0. The molecule has 2 saturated heterocycles. The fourth-order valence-corrected chi connectivity index (χ4v) is 5.77. The van der Waals surface area contributed by atoms with Gasteiger partial charge in [0.2, 0.25) is 5.91 Å². The molecular formula is C22H39N3O4S. The predicted molar refractivity (Wildman–Crippen MR) is 121 cm³/mol. The molecule has 0 unspecified atom stereocenters. The Labute approximate surface area is 184 Å². The van der Waals surface area contributed by atoms with Crippen LogP contribution >= 0.6 is 11.8 Å². The van der Waals surface area contributed by atoms with Crippen molar-refractivity contribution in [2.24, 2.45) is 0 Å². The van der Waals surface area contributed by atoms with Gasteiger partial charge < -0.3 is 21.1 Å². The second kappa shape index (κ2) is 14.5. The Morgan fingerprint density at radius 3 is 2.23 bits per heavy atom. The molecule has 0 radical (unpaired) electrons. The van der Waals surface area contributed by atoms with Crippen LogP contribution in [-0.2, 0) is 9.59 Å². The lowest BCUT2D eigenvalue weighted by Crippen LogP contribution is -2.36. The molecule has 0 aromatic rings. The smallest absolute Gasteiger partial charge is 0.315 e. The van der Waals surface area contributed by atoms with Crippen molar-refractivity contribution in [3.05, 3.63) is 0 Å². The van der Waals surface area contributed by atoms with Crippen LogP contribution in [0.15, 0.2) is 0 Å². The lowest BCUT2D eigenvalue weighted by atomic mass is 10.0. The van der Waals surface area contributed by atoms with Gasteiger partial charge in [-0.1, -0.05) is 51.4 Å². The van der Waals surface area contributed by atoms with E-state index in [9.17, 15) is 14.4 Å². The maximum Gasteiger partial charge on any atom is 0.315 e. The van der Waals surface area contributed by atoms with Gasteiger partial charge in [-0.3, -0.25) is 9.59 Å². The highest BCUT2D eigenvalue weighted by molar-refractivity contribution is 8.00. The molecule has 2 rings (SSSR count). The van der Waals surface area contributed by atoms with Crippen LogP contribution < -0.4 is 16.0 Å². The number of fused-ring (bicyclic) bond motifs is 1.